The number of nitrogen functional groups attached to an aromatic ring is 1. The van der Waals surface area contributed by atoms with Crippen LogP contribution in [-0.2, 0) is 5.41 Å². The first kappa shape index (κ1) is 14.6. The highest BCUT2D eigenvalue weighted by Crippen LogP contribution is 2.40. The Bertz CT molecular complexity index is 645. The Hall–Kier alpha value is -2.29. The Balaban J connectivity index is 1.74. The molecule has 0 radical (unpaired) electrons. The van der Waals surface area contributed by atoms with Crippen molar-refractivity contribution in [3.05, 3.63) is 65.7 Å². The van der Waals surface area contributed by atoms with Gasteiger partial charge in [-0.05, 0) is 36.6 Å². The van der Waals surface area contributed by atoms with E-state index >= 15 is 0 Å². The minimum atomic E-state index is -0.0468. The van der Waals surface area contributed by atoms with E-state index in [4.69, 9.17) is 5.73 Å². The van der Waals surface area contributed by atoms with Crippen LogP contribution in [0.3, 0.4) is 0 Å². The maximum Gasteiger partial charge on any atom is 0.251 e. The molecule has 114 valence electrons. The second-order valence-electron chi connectivity index (χ2n) is 6.16. The molecular formula is C19H22N2O. The van der Waals surface area contributed by atoms with Crippen LogP contribution in [0.25, 0.3) is 0 Å². The highest BCUT2D eigenvalue weighted by molar-refractivity contribution is 5.95. The van der Waals surface area contributed by atoms with Crippen LogP contribution in [0, 0.1) is 0 Å². The van der Waals surface area contributed by atoms with Crippen LogP contribution >= 0.6 is 0 Å². The van der Waals surface area contributed by atoms with Gasteiger partial charge in [0.1, 0.15) is 0 Å². The maximum absolute atomic E-state index is 12.4. The molecule has 0 spiro atoms. The number of hydrogen-bond donors (Lipinski definition) is 2. The van der Waals surface area contributed by atoms with Crippen molar-refractivity contribution in [3.63, 3.8) is 0 Å². The number of hydrogen-bond acceptors (Lipinski definition) is 2. The quantitative estimate of drug-likeness (QED) is 0.848. The molecule has 0 unspecified atom stereocenters. The summed E-state index contributed by atoms with van der Waals surface area (Å²) in [5.41, 5.74) is 8.41. The average Bonchev–Trinajstić information content (AvgIpc) is 3.04. The molecule has 2 aromatic rings. The van der Waals surface area contributed by atoms with Crippen molar-refractivity contribution in [2.45, 2.75) is 31.1 Å². The second kappa shape index (κ2) is 6.22. The van der Waals surface area contributed by atoms with Gasteiger partial charge in [-0.25, -0.2) is 0 Å². The normalized spacial score (nSPS) is 16.4. The molecule has 1 aliphatic rings. The fraction of sp³-hybridized carbons (Fsp3) is 0.316. The van der Waals surface area contributed by atoms with Crippen molar-refractivity contribution in [2.24, 2.45) is 0 Å². The summed E-state index contributed by atoms with van der Waals surface area (Å²) in [7, 11) is 0. The summed E-state index contributed by atoms with van der Waals surface area (Å²) >= 11 is 0. The average molecular weight is 294 g/mol. The molecule has 3 N–H and O–H groups in total. The fourth-order valence-electron chi connectivity index (χ4n) is 3.44. The third-order valence-electron chi connectivity index (χ3n) is 4.68. The van der Waals surface area contributed by atoms with Gasteiger partial charge in [0.05, 0.1) is 0 Å². The third kappa shape index (κ3) is 2.98. The largest absolute Gasteiger partial charge is 0.399 e. The number of carbonyl (C=O) groups excluding carboxylic acids is 1. The lowest BCUT2D eigenvalue weighted by Gasteiger charge is -2.30. The lowest BCUT2D eigenvalue weighted by atomic mass is 9.79. The van der Waals surface area contributed by atoms with Crippen LogP contribution in [0.15, 0.2) is 54.6 Å². The number of nitrogens with one attached hydrogen (secondary N) is 1. The molecule has 1 fully saturated rings. The molecule has 22 heavy (non-hydrogen) atoms. The van der Waals surface area contributed by atoms with Crippen LogP contribution in [0.1, 0.15) is 41.6 Å². The maximum atomic E-state index is 12.4. The van der Waals surface area contributed by atoms with E-state index in [1.165, 1.54) is 18.4 Å². The van der Waals surface area contributed by atoms with Crippen molar-refractivity contribution >= 4 is 11.6 Å². The summed E-state index contributed by atoms with van der Waals surface area (Å²) < 4.78 is 0. The van der Waals surface area contributed by atoms with Crippen molar-refractivity contribution in [1.82, 2.24) is 5.32 Å². The van der Waals surface area contributed by atoms with Crippen LogP contribution in [0.5, 0.6) is 0 Å². The number of amides is 1. The van der Waals surface area contributed by atoms with E-state index in [9.17, 15) is 4.79 Å². The summed E-state index contributed by atoms with van der Waals surface area (Å²) in [5, 5.41) is 3.11. The van der Waals surface area contributed by atoms with E-state index in [2.05, 4.69) is 29.6 Å². The summed E-state index contributed by atoms with van der Waals surface area (Å²) in [5.74, 6) is -0.0468. The Morgan fingerprint density at radius 3 is 2.45 bits per heavy atom. The number of nitrogens with two attached hydrogens (primary N) is 1. The first-order chi connectivity index (χ1) is 10.7. The molecule has 1 amide bonds. The highest BCUT2D eigenvalue weighted by Gasteiger charge is 2.35. The lowest BCUT2D eigenvalue weighted by Crippen LogP contribution is -2.39. The molecule has 0 aromatic heterocycles. The molecule has 0 aliphatic heterocycles. The van der Waals surface area contributed by atoms with Gasteiger partial charge >= 0.3 is 0 Å². The smallest absolute Gasteiger partial charge is 0.251 e. The van der Waals surface area contributed by atoms with Crippen molar-refractivity contribution in [3.8, 4) is 0 Å². The predicted molar refractivity (Wildman–Crippen MR) is 89.8 cm³/mol. The highest BCUT2D eigenvalue weighted by atomic mass is 16.1. The van der Waals surface area contributed by atoms with Gasteiger partial charge in [-0.1, -0.05) is 49.2 Å². The summed E-state index contributed by atoms with van der Waals surface area (Å²) in [6.45, 7) is 0.685. The first-order valence-electron chi connectivity index (χ1n) is 7.89. The van der Waals surface area contributed by atoms with E-state index in [1.807, 2.05) is 12.1 Å². The lowest BCUT2D eigenvalue weighted by molar-refractivity contribution is 0.0943. The van der Waals surface area contributed by atoms with Crippen LogP contribution in [0.2, 0.25) is 0 Å². The Morgan fingerprint density at radius 2 is 1.77 bits per heavy atom. The second-order valence-corrected chi connectivity index (χ2v) is 6.16. The standard InChI is InChI=1S/C19H22N2O/c20-17-10-6-7-15(13-17)18(22)21-14-19(11-4-5-12-19)16-8-2-1-3-9-16/h1-3,6-10,13H,4-5,11-12,14,20H2,(H,21,22). The third-order valence-corrected chi connectivity index (χ3v) is 4.68. The van der Waals surface area contributed by atoms with Crippen molar-refractivity contribution in [1.29, 1.82) is 0 Å². The van der Waals surface area contributed by atoms with Crippen LogP contribution in [-0.4, -0.2) is 12.5 Å². The van der Waals surface area contributed by atoms with Crippen LogP contribution in [0.4, 0.5) is 5.69 Å². The molecule has 0 heterocycles. The van der Waals surface area contributed by atoms with Gasteiger partial charge in [0, 0.05) is 23.2 Å². The monoisotopic (exact) mass is 294 g/mol. The molecule has 3 heteroatoms. The van der Waals surface area contributed by atoms with E-state index < -0.39 is 0 Å². The number of carbonyl (C=O) groups is 1. The SMILES string of the molecule is Nc1cccc(C(=O)NCC2(c3ccccc3)CCCC2)c1. The van der Waals surface area contributed by atoms with Gasteiger partial charge in [0.25, 0.3) is 5.91 Å². The molecule has 3 rings (SSSR count). The number of benzene rings is 2. The Morgan fingerprint density at radius 1 is 1.05 bits per heavy atom. The zero-order valence-corrected chi connectivity index (χ0v) is 12.7. The van der Waals surface area contributed by atoms with Gasteiger partial charge in [-0.3, -0.25) is 4.79 Å². The summed E-state index contributed by atoms with van der Waals surface area (Å²) in [6, 6.07) is 17.7. The van der Waals surface area contributed by atoms with Gasteiger partial charge in [0.15, 0.2) is 0 Å². The van der Waals surface area contributed by atoms with Gasteiger partial charge in [-0.2, -0.15) is 0 Å². The van der Waals surface area contributed by atoms with E-state index in [-0.39, 0.29) is 11.3 Å². The van der Waals surface area contributed by atoms with Gasteiger partial charge in [0.2, 0.25) is 0 Å². The number of rotatable bonds is 4. The Kier molecular flexibility index (Phi) is 4.14. The molecule has 0 saturated heterocycles. The molecule has 0 atom stereocenters. The molecular weight excluding hydrogens is 272 g/mol. The molecule has 1 saturated carbocycles. The van der Waals surface area contributed by atoms with Crippen molar-refractivity contribution in [2.75, 3.05) is 12.3 Å². The molecule has 3 nitrogen and oxygen atoms in total. The Labute approximate surface area is 131 Å². The fourth-order valence-corrected chi connectivity index (χ4v) is 3.44. The predicted octanol–water partition coefficient (Wildman–Crippen LogP) is 3.51. The summed E-state index contributed by atoms with van der Waals surface area (Å²) in [6.07, 6.45) is 4.72. The molecule has 0 bridgehead atoms. The summed E-state index contributed by atoms with van der Waals surface area (Å²) in [4.78, 5) is 12.4. The zero-order valence-electron chi connectivity index (χ0n) is 12.7. The molecule has 1 aliphatic carbocycles. The topological polar surface area (TPSA) is 55.1 Å². The zero-order chi connectivity index (χ0) is 15.4. The van der Waals surface area contributed by atoms with E-state index in [0.29, 0.717) is 17.8 Å². The van der Waals surface area contributed by atoms with Gasteiger partial charge < -0.3 is 11.1 Å². The minimum absolute atomic E-state index is 0.0468. The molecule has 2 aromatic carbocycles. The van der Waals surface area contributed by atoms with E-state index in [1.54, 1.807) is 18.2 Å². The van der Waals surface area contributed by atoms with Gasteiger partial charge in [-0.15, -0.1) is 0 Å². The minimum Gasteiger partial charge on any atom is -0.399 e. The van der Waals surface area contributed by atoms with Crippen LogP contribution < -0.4 is 11.1 Å². The van der Waals surface area contributed by atoms with Crippen molar-refractivity contribution < 1.29 is 4.79 Å². The van der Waals surface area contributed by atoms with E-state index in [0.717, 1.165) is 12.8 Å². The number of anilines is 1. The first-order valence-corrected chi connectivity index (χ1v) is 7.89.